The normalized spacial score (nSPS) is 19.9. The van der Waals surface area contributed by atoms with E-state index in [9.17, 15) is 4.57 Å². The smallest absolute Gasteiger partial charge is 0.352 e. The minimum atomic E-state index is -3.41. The molecule has 1 fully saturated rings. The summed E-state index contributed by atoms with van der Waals surface area (Å²) in [7, 11) is -3.41. The maximum Gasteiger partial charge on any atom is 0.409 e. The largest absolute Gasteiger partial charge is 0.409 e. The van der Waals surface area contributed by atoms with Crippen LogP contribution in [0.1, 0.15) is 39.0 Å². The minimum Gasteiger partial charge on any atom is -0.352 e. The lowest BCUT2D eigenvalue weighted by atomic mass is 9.70. The summed E-state index contributed by atoms with van der Waals surface area (Å²) in [6.07, 6.45) is 4.44. The van der Waals surface area contributed by atoms with Crippen molar-refractivity contribution < 1.29 is 13.5 Å². The number of rotatable bonds is 7. The Bertz CT molecular complexity index is 348. The summed E-state index contributed by atoms with van der Waals surface area (Å²) in [6, 6.07) is 0. The van der Waals surface area contributed by atoms with Crippen LogP contribution < -0.4 is 0 Å². The molecule has 0 heterocycles. The average Bonchev–Trinajstić information content (AvgIpc) is 2.38. The van der Waals surface area contributed by atoms with E-state index < -0.39 is 13.9 Å². The lowest BCUT2D eigenvalue weighted by Crippen LogP contribution is -2.21. The van der Waals surface area contributed by atoms with Gasteiger partial charge in [0.25, 0.3) is 0 Å². The van der Waals surface area contributed by atoms with E-state index in [4.69, 9.17) is 26.0 Å². The Morgan fingerprint density at radius 1 is 1.50 bits per heavy atom. The summed E-state index contributed by atoms with van der Waals surface area (Å²) in [5.41, 5.74) is 8.27. The molecule has 1 aliphatic rings. The third-order valence-corrected chi connectivity index (χ3v) is 5.15. The van der Waals surface area contributed by atoms with Crippen LogP contribution in [0.2, 0.25) is 5.82 Å². The zero-order chi connectivity index (χ0) is 13.4. The predicted molar refractivity (Wildman–Crippen MR) is 72.8 cm³/mol. The summed E-state index contributed by atoms with van der Waals surface area (Å²) >= 11 is 6.15. The van der Waals surface area contributed by atoms with Crippen LogP contribution in [-0.4, -0.2) is 19.2 Å². The molecule has 1 rings (SSSR count). The molecule has 0 N–H and O–H groups in total. The van der Waals surface area contributed by atoms with E-state index in [1.807, 2.05) is 0 Å². The lowest BCUT2D eigenvalue weighted by molar-refractivity contribution is 0.279. The average molecular weight is 294 g/mol. The van der Waals surface area contributed by atoms with Crippen LogP contribution in [0.5, 0.6) is 0 Å². The Kier molecular flexibility index (Phi) is 7.12. The molecule has 0 saturated heterocycles. The predicted octanol–water partition coefficient (Wildman–Crippen LogP) is 4.56. The van der Waals surface area contributed by atoms with Crippen molar-refractivity contribution in [1.82, 2.24) is 0 Å². The SMILES string of the molecule is CCOP(=O)(CN=[N+]=[N-])OB(Cl)C1CCCCC1. The van der Waals surface area contributed by atoms with Crippen molar-refractivity contribution in [2.75, 3.05) is 12.9 Å². The van der Waals surface area contributed by atoms with Crippen LogP contribution in [0, 0.1) is 0 Å². The second-order valence-electron chi connectivity index (χ2n) is 4.26. The quantitative estimate of drug-likeness (QED) is 0.227. The summed E-state index contributed by atoms with van der Waals surface area (Å²) in [5.74, 6) is 0.195. The second-order valence-corrected chi connectivity index (χ2v) is 6.66. The Balaban J connectivity index is 2.58. The second kappa shape index (κ2) is 8.08. The van der Waals surface area contributed by atoms with Gasteiger partial charge in [0.2, 0.25) is 0 Å². The van der Waals surface area contributed by atoms with Crippen LogP contribution >= 0.6 is 19.1 Å². The highest BCUT2D eigenvalue weighted by Gasteiger charge is 2.35. The fourth-order valence-electron chi connectivity index (χ4n) is 2.04. The molecule has 0 aromatic rings. The summed E-state index contributed by atoms with van der Waals surface area (Å²) in [6.45, 7) is 1.93. The number of nitrogens with zero attached hydrogens (tertiary/aromatic N) is 3. The first-order valence-electron chi connectivity index (χ1n) is 6.18. The van der Waals surface area contributed by atoms with E-state index in [0.717, 1.165) is 25.7 Å². The molecule has 102 valence electrons. The van der Waals surface area contributed by atoms with Gasteiger partial charge in [-0.3, -0.25) is 4.57 Å². The van der Waals surface area contributed by atoms with Gasteiger partial charge in [-0.15, -0.1) is 0 Å². The number of halogens is 1. The standard InChI is InChI=1S/C9H18BClN3O3P/c1-2-16-18(15,8-13-14-12)17-10(11)9-6-4-3-5-7-9/h9H,2-8H2,1H3. The van der Waals surface area contributed by atoms with Crippen molar-refractivity contribution >= 4 is 25.4 Å². The van der Waals surface area contributed by atoms with Crippen molar-refractivity contribution in [3.8, 4) is 0 Å². The Morgan fingerprint density at radius 2 is 2.17 bits per heavy atom. The van der Waals surface area contributed by atoms with Gasteiger partial charge in [-0.2, -0.15) is 11.5 Å². The Labute approximate surface area is 113 Å². The maximum atomic E-state index is 12.2. The molecule has 18 heavy (non-hydrogen) atoms. The van der Waals surface area contributed by atoms with Gasteiger partial charge in [0.05, 0.1) is 6.61 Å². The summed E-state index contributed by atoms with van der Waals surface area (Å²) in [4.78, 5) is 2.57. The topological polar surface area (TPSA) is 84.3 Å². The molecular weight excluding hydrogens is 275 g/mol. The van der Waals surface area contributed by atoms with Crippen LogP contribution in [0.4, 0.5) is 0 Å². The van der Waals surface area contributed by atoms with Gasteiger partial charge < -0.3 is 8.96 Å². The van der Waals surface area contributed by atoms with Crippen molar-refractivity contribution in [2.24, 2.45) is 5.11 Å². The summed E-state index contributed by atoms with van der Waals surface area (Å²) < 4.78 is 22.7. The highest BCUT2D eigenvalue weighted by molar-refractivity contribution is 7.56. The lowest BCUT2D eigenvalue weighted by Gasteiger charge is -2.26. The molecule has 0 aliphatic heterocycles. The van der Waals surface area contributed by atoms with E-state index in [1.54, 1.807) is 6.92 Å². The van der Waals surface area contributed by atoms with Gasteiger partial charge in [0, 0.05) is 4.91 Å². The molecule has 6 nitrogen and oxygen atoms in total. The first-order chi connectivity index (χ1) is 8.61. The fourth-order valence-corrected chi connectivity index (χ4v) is 3.95. The molecule has 1 saturated carbocycles. The van der Waals surface area contributed by atoms with Crippen molar-refractivity contribution in [2.45, 2.75) is 44.8 Å². The molecule has 0 bridgehead atoms. The molecule has 1 unspecified atom stereocenters. The van der Waals surface area contributed by atoms with Gasteiger partial charge in [-0.05, 0) is 18.3 Å². The first-order valence-corrected chi connectivity index (χ1v) is 8.34. The monoisotopic (exact) mass is 293 g/mol. The fraction of sp³-hybridized carbons (Fsp3) is 1.00. The Hall–Kier alpha value is -0.185. The van der Waals surface area contributed by atoms with E-state index >= 15 is 0 Å². The van der Waals surface area contributed by atoms with E-state index in [0.29, 0.717) is 0 Å². The molecular formula is C9H18BClN3O3P. The van der Waals surface area contributed by atoms with E-state index in [1.165, 1.54) is 6.42 Å². The third kappa shape index (κ3) is 5.21. The third-order valence-electron chi connectivity index (χ3n) is 2.91. The van der Waals surface area contributed by atoms with E-state index in [2.05, 4.69) is 10.0 Å². The van der Waals surface area contributed by atoms with Crippen LogP contribution in [-0.2, 0) is 13.5 Å². The van der Waals surface area contributed by atoms with Crippen LogP contribution in [0.3, 0.4) is 0 Å². The molecule has 9 heteroatoms. The minimum absolute atomic E-state index is 0.195. The van der Waals surface area contributed by atoms with Gasteiger partial charge in [-0.25, -0.2) is 0 Å². The van der Waals surface area contributed by atoms with Gasteiger partial charge in [-0.1, -0.05) is 37.2 Å². The summed E-state index contributed by atoms with van der Waals surface area (Å²) in [5, 5.41) is 3.27. The first kappa shape index (κ1) is 15.9. The highest BCUT2D eigenvalue weighted by Crippen LogP contribution is 2.51. The number of hydrogen-bond acceptors (Lipinski definition) is 4. The zero-order valence-electron chi connectivity index (χ0n) is 10.5. The van der Waals surface area contributed by atoms with Gasteiger partial charge in [0.1, 0.15) is 6.29 Å². The molecule has 0 radical (unpaired) electrons. The highest BCUT2D eigenvalue weighted by atomic mass is 35.5. The molecule has 1 atom stereocenters. The number of hydrogen-bond donors (Lipinski definition) is 0. The van der Waals surface area contributed by atoms with E-state index in [-0.39, 0.29) is 18.7 Å². The van der Waals surface area contributed by atoms with Gasteiger partial charge >= 0.3 is 13.9 Å². The van der Waals surface area contributed by atoms with Crippen molar-refractivity contribution in [3.05, 3.63) is 10.4 Å². The zero-order valence-corrected chi connectivity index (χ0v) is 12.1. The Morgan fingerprint density at radius 3 is 2.72 bits per heavy atom. The van der Waals surface area contributed by atoms with Crippen LogP contribution in [0.25, 0.3) is 10.4 Å². The maximum absolute atomic E-state index is 12.2. The molecule has 0 aromatic heterocycles. The molecule has 1 aliphatic carbocycles. The van der Waals surface area contributed by atoms with Crippen LogP contribution in [0.15, 0.2) is 5.11 Å². The molecule has 0 spiro atoms. The molecule has 0 amide bonds. The van der Waals surface area contributed by atoms with Crippen molar-refractivity contribution in [3.63, 3.8) is 0 Å². The van der Waals surface area contributed by atoms with Crippen molar-refractivity contribution in [1.29, 1.82) is 0 Å². The number of azide groups is 1. The molecule has 0 aromatic carbocycles. The van der Waals surface area contributed by atoms with Gasteiger partial charge in [0.15, 0.2) is 0 Å².